The van der Waals surface area contributed by atoms with Gasteiger partial charge in [0, 0.05) is 23.2 Å². The van der Waals surface area contributed by atoms with Crippen LogP contribution in [0.4, 0.5) is 0 Å². The topological polar surface area (TPSA) is 50.8 Å². The zero-order valence-corrected chi connectivity index (χ0v) is 17.3. The maximum atomic E-state index is 13.0. The number of ether oxygens (including phenoxy) is 2. The molecule has 1 fully saturated rings. The first-order valence-electron chi connectivity index (χ1n) is 9.54. The van der Waals surface area contributed by atoms with Crippen molar-refractivity contribution in [3.8, 4) is 11.5 Å². The zero-order valence-electron chi connectivity index (χ0n) is 16.6. The van der Waals surface area contributed by atoms with Crippen molar-refractivity contribution >= 4 is 17.5 Å². The molecule has 0 saturated carbocycles. The lowest BCUT2D eigenvalue weighted by Crippen LogP contribution is -2.38. The standard InChI is InChI=1S/C22H27ClN2O3/c1-15(17-7-4-5-8-19(17)23)24-14-22(26)25-12-6-9-20(25)18-13-16(27-2)10-11-21(18)28-3/h4-5,7-8,10-11,13,15,20,24H,6,9,12,14H2,1-3H3/t15-,20-/m0/s1. The molecule has 2 aromatic rings. The van der Waals surface area contributed by atoms with Crippen LogP contribution in [-0.2, 0) is 4.79 Å². The van der Waals surface area contributed by atoms with Gasteiger partial charge in [0.1, 0.15) is 11.5 Å². The van der Waals surface area contributed by atoms with E-state index in [9.17, 15) is 4.79 Å². The highest BCUT2D eigenvalue weighted by molar-refractivity contribution is 6.31. The highest BCUT2D eigenvalue weighted by atomic mass is 35.5. The van der Waals surface area contributed by atoms with Gasteiger partial charge < -0.3 is 19.7 Å². The van der Waals surface area contributed by atoms with E-state index in [-0.39, 0.29) is 24.5 Å². The SMILES string of the molecule is COc1ccc(OC)c([C@@H]2CCCN2C(=O)CN[C@@H](C)c2ccccc2Cl)c1. The largest absolute Gasteiger partial charge is 0.497 e. The summed E-state index contributed by atoms with van der Waals surface area (Å²) in [4.78, 5) is 14.9. The summed E-state index contributed by atoms with van der Waals surface area (Å²) >= 11 is 6.27. The first-order valence-corrected chi connectivity index (χ1v) is 9.92. The van der Waals surface area contributed by atoms with Crippen LogP contribution in [0.1, 0.15) is 43.0 Å². The van der Waals surface area contributed by atoms with Gasteiger partial charge in [-0.25, -0.2) is 0 Å². The van der Waals surface area contributed by atoms with E-state index in [1.54, 1.807) is 14.2 Å². The van der Waals surface area contributed by atoms with Gasteiger partial charge >= 0.3 is 0 Å². The van der Waals surface area contributed by atoms with Gasteiger partial charge in [0.25, 0.3) is 0 Å². The van der Waals surface area contributed by atoms with E-state index in [2.05, 4.69) is 5.32 Å². The summed E-state index contributed by atoms with van der Waals surface area (Å²) in [6.45, 7) is 3.02. The third-order valence-electron chi connectivity index (χ3n) is 5.30. The number of benzene rings is 2. The van der Waals surface area contributed by atoms with E-state index in [1.807, 2.05) is 54.3 Å². The van der Waals surface area contributed by atoms with E-state index >= 15 is 0 Å². The van der Waals surface area contributed by atoms with Crippen molar-refractivity contribution in [3.63, 3.8) is 0 Å². The van der Waals surface area contributed by atoms with Crippen LogP contribution in [0.2, 0.25) is 5.02 Å². The summed E-state index contributed by atoms with van der Waals surface area (Å²) in [7, 11) is 3.29. The Balaban J connectivity index is 1.71. The first-order chi connectivity index (χ1) is 13.5. The molecule has 1 N–H and O–H groups in total. The monoisotopic (exact) mass is 402 g/mol. The molecule has 0 aromatic heterocycles. The molecule has 0 spiro atoms. The molecule has 0 unspecified atom stereocenters. The molecule has 1 saturated heterocycles. The van der Waals surface area contributed by atoms with Crippen LogP contribution in [0, 0.1) is 0 Å². The third-order valence-corrected chi connectivity index (χ3v) is 5.64. The molecule has 0 aliphatic carbocycles. The quantitative estimate of drug-likeness (QED) is 0.747. The van der Waals surface area contributed by atoms with Crippen molar-refractivity contribution in [2.75, 3.05) is 27.3 Å². The minimum absolute atomic E-state index is 0.00466. The molecule has 0 bridgehead atoms. The zero-order chi connectivity index (χ0) is 20.1. The molecule has 3 rings (SSSR count). The van der Waals surface area contributed by atoms with Crippen LogP contribution in [0.25, 0.3) is 0 Å². The fourth-order valence-corrected chi connectivity index (χ4v) is 4.07. The Hall–Kier alpha value is -2.24. The summed E-state index contributed by atoms with van der Waals surface area (Å²) in [6, 6.07) is 13.4. The third kappa shape index (κ3) is 4.42. The lowest BCUT2D eigenvalue weighted by atomic mass is 10.0. The molecule has 1 aliphatic rings. The van der Waals surface area contributed by atoms with E-state index < -0.39 is 0 Å². The number of nitrogens with one attached hydrogen (secondary N) is 1. The van der Waals surface area contributed by atoms with Crippen LogP contribution in [0.15, 0.2) is 42.5 Å². The van der Waals surface area contributed by atoms with Crippen molar-refractivity contribution in [1.82, 2.24) is 10.2 Å². The van der Waals surface area contributed by atoms with Gasteiger partial charge in [0.2, 0.25) is 5.91 Å². The van der Waals surface area contributed by atoms with Crippen molar-refractivity contribution < 1.29 is 14.3 Å². The molecule has 150 valence electrons. The minimum atomic E-state index is -0.00921. The summed E-state index contributed by atoms with van der Waals surface area (Å²) in [5.41, 5.74) is 1.98. The predicted molar refractivity (Wildman–Crippen MR) is 111 cm³/mol. The molecule has 1 aliphatic heterocycles. The van der Waals surface area contributed by atoms with Crippen molar-refractivity contribution in [2.45, 2.75) is 31.8 Å². The summed E-state index contributed by atoms with van der Waals surface area (Å²) in [5.74, 6) is 1.62. The minimum Gasteiger partial charge on any atom is -0.497 e. The average molecular weight is 403 g/mol. The molecular formula is C22H27ClN2O3. The second-order valence-corrected chi connectivity index (χ2v) is 7.38. The van der Waals surface area contributed by atoms with Crippen molar-refractivity contribution in [1.29, 1.82) is 0 Å². The highest BCUT2D eigenvalue weighted by Crippen LogP contribution is 2.38. The molecule has 5 nitrogen and oxygen atoms in total. The van der Waals surface area contributed by atoms with E-state index in [0.717, 1.165) is 42.0 Å². The smallest absolute Gasteiger partial charge is 0.237 e. The maximum Gasteiger partial charge on any atom is 0.237 e. The number of nitrogens with zero attached hydrogens (tertiary/aromatic N) is 1. The summed E-state index contributed by atoms with van der Waals surface area (Å²) in [6.07, 6.45) is 1.88. The molecule has 1 heterocycles. The van der Waals surface area contributed by atoms with Gasteiger partial charge in [-0.05, 0) is 49.6 Å². The normalized spacial score (nSPS) is 17.4. The van der Waals surface area contributed by atoms with Crippen LogP contribution in [0.5, 0.6) is 11.5 Å². The van der Waals surface area contributed by atoms with E-state index in [0.29, 0.717) is 5.02 Å². The Kier molecular flexibility index (Phi) is 6.81. The highest BCUT2D eigenvalue weighted by Gasteiger charge is 2.32. The van der Waals surface area contributed by atoms with Crippen LogP contribution < -0.4 is 14.8 Å². The number of amides is 1. The molecule has 0 radical (unpaired) electrons. The molecular weight excluding hydrogens is 376 g/mol. The number of hydrogen-bond donors (Lipinski definition) is 1. The predicted octanol–water partition coefficient (Wildman–Crippen LogP) is 4.37. The first kappa shape index (κ1) is 20.5. The van der Waals surface area contributed by atoms with Crippen LogP contribution in [-0.4, -0.2) is 38.1 Å². The van der Waals surface area contributed by atoms with E-state index in [1.165, 1.54) is 0 Å². The molecule has 28 heavy (non-hydrogen) atoms. The number of rotatable bonds is 7. The summed E-state index contributed by atoms with van der Waals surface area (Å²) < 4.78 is 10.9. The van der Waals surface area contributed by atoms with Gasteiger partial charge in [-0.1, -0.05) is 29.8 Å². The van der Waals surface area contributed by atoms with Gasteiger partial charge in [0.05, 0.1) is 26.8 Å². The Morgan fingerprint density at radius 1 is 1.25 bits per heavy atom. The molecule has 2 aromatic carbocycles. The average Bonchev–Trinajstić information content (AvgIpc) is 3.21. The summed E-state index contributed by atoms with van der Waals surface area (Å²) in [5, 5.41) is 4.01. The fraction of sp³-hybridized carbons (Fsp3) is 0.409. The number of halogens is 1. The maximum absolute atomic E-state index is 13.0. The van der Waals surface area contributed by atoms with Crippen molar-refractivity contribution in [2.24, 2.45) is 0 Å². The number of hydrogen-bond acceptors (Lipinski definition) is 4. The molecule has 2 atom stereocenters. The van der Waals surface area contributed by atoms with Gasteiger partial charge in [-0.2, -0.15) is 0 Å². The van der Waals surface area contributed by atoms with Gasteiger partial charge in [0.15, 0.2) is 0 Å². The van der Waals surface area contributed by atoms with Crippen LogP contribution in [0.3, 0.4) is 0 Å². The molecule has 1 amide bonds. The lowest BCUT2D eigenvalue weighted by Gasteiger charge is -2.27. The number of carbonyl (C=O) groups is 1. The Morgan fingerprint density at radius 3 is 2.75 bits per heavy atom. The fourth-order valence-electron chi connectivity index (χ4n) is 3.77. The Morgan fingerprint density at radius 2 is 2.04 bits per heavy atom. The van der Waals surface area contributed by atoms with Crippen LogP contribution >= 0.6 is 11.6 Å². The Labute approximate surface area is 171 Å². The lowest BCUT2D eigenvalue weighted by molar-refractivity contribution is -0.131. The van der Waals surface area contributed by atoms with E-state index in [4.69, 9.17) is 21.1 Å². The van der Waals surface area contributed by atoms with Crippen molar-refractivity contribution in [3.05, 3.63) is 58.6 Å². The van der Waals surface area contributed by atoms with Gasteiger partial charge in [-0.3, -0.25) is 4.79 Å². The second-order valence-electron chi connectivity index (χ2n) is 6.98. The second kappa shape index (κ2) is 9.30. The van der Waals surface area contributed by atoms with Gasteiger partial charge in [-0.15, -0.1) is 0 Å². The Bertz CT molecular complexity index is 827. The molecule has 6 heteroatoms. The number of methoxy groups -OCH3 is 2. The number of carbonyl (C=O) groups excluding carboxylic acids is 1. The number of likely N-dealkylation sites (tertiary alicyclic amines) is 1.